The number of nitrogens with one attached hydrogen (secondary N) is 1. The van der Waals surface area contributed by atoms with E-state index in [4.69, 9.17) is 0 Å². The third-order valence-electron chi connectivity index (χ3n) is 4.05. The van der Waals surface area contributed by atoms with Gasteiger partial charge in [-0.3, -0.25) is 10.1 Å². The molecule has 0 aliphatic heterocycles. The minimum absolute atomic E-state index is 0.185. The van der Waals surface area contributed by atoms with Gasteiger partial charge in [0.15, 0.2) is 0 Å². The van der Waals surface area contributed by atoms with Crippen molar-refractivity contribution in [1.29, 1.82) is 0 Å². The van der Waals surface area contributed by atoms with Crippen molar-refractivity contribution < 1.29 is 4.92 Å². The second-order valence-electron chi connectivity index (χ2n) is 5.33. The monoisotopic (exact) mass is 248 g/mol. The van der Waals surface area contributed by atoms with E-state index in [-0.39, 0.29) is 10.6 Å². The van der Waals surface area contributed by atoms with Crippen LogP contribution in [0.25, 0.3) is 0 Å². The number of nitro groups is 1. The zero-order chi connectivity index (χ0) is 13.3. The molecule has 1 unspecified atom stereocenters. The normalized spacial score (nSPS) is 17.1. The van der Waals surface area contributed by atoms with Gasteiger partial charge in [-0.1, -0.05) is 6.42 Å². The molecule has 1 saturated carbocycles. The summed E-state index contributed by atoms with van der Waals surface area (Å²) in [4.78, 5) is 10.8. The summed E-state index contributed by atoms with van der Waals surface area (Å²) in [5, 5.41) is 14.4. The minimum Gasteiger partial charge on any atom is -0.377 e. The number of nitro benzene ring substituents is 1. The summed E-state index contributed by atoms with van der Waals surface area (Å²) in [5.74, 6) is 0.659. The van der Waals surface area contributed by atoms with Gasteiger partial charge in [-0.2, -0.15) is 0 Å². The highest BCUT2D eigenvalue weighted by atomic mass is 16.6. The summed E-state index contributed by atoms with van der Waals surface area (Å²) in [6, 6.07) is 3.85. The Balaban J connectivity index is 2.24. The van der Waals surface area contributed by atoms with Crippen molar-refractivity contribution in [3.05, 3.63) is 33.4 Å². The summed E-state index contributed by atoms with van der Waals surface area (Å²) in [6.07, 6.45) is 3.74. The van der Waals surface area contributed by atoms with Crippen molar-refractivity contribution in [2.75, 3.05) is 5.32 Å². The average molecular weight is 248 g/mol. The van der Waals surface area contributed by atoms with Gasteiger partial charge in [0, 0.05) is 12.1 Å². The van der Waals surface area contributed by atoms with Gasteiger partial charge in [0.05, 0.1) is 4.92 Å². The minimum atomic E-state index is -0.303. The maximum absolute atomic E-state index is 11.1. The van der Waals surface area contributed by atoms with Crippen LogP contribution < -0.4 is 5.32 Å². The van der Waals surface area contributed by atoms with Gasteiger partial charge in [0.1, 0.15) is 5.69 Å². The van der Waals surface area contributed by atoms with Gasteiger partial charge in [-0.25, -0.2) is 0 Å². The third-order valence-corrected chi connectivity index (χ3v) is 4.05. The van der Waals surface area contributed by atoms with Crippen LogP contribution in [0.3, 0.4) is 0 Å². The largest absolute Gasteiger partial charge is 0.377 e. The topological polar surface area (TPSA) is 55.2 Å². The average Bonchev–Trinajstić information content (AvgIpc) is 2.19. The van der Waals surface area contributed by atoms with E-state index in [2.05, 4.69) is 12.2 Å². The van der Waals surface area contributed by atoms with Crippen LogP contribution in [0.15, 0.2) is 12.1 Å². The Morgan fingerprint density at radius 3 is 2.44 bits per heavy atom. The Kier molecular flexibility index (Phi) is 3.55. The van der Waals surface area contributed by atoms with Crippen molar-refractivity contribution in [2.24, 2.45) is 5.92 Å². The Bertz CT molecular complexity index is 467. The number of hydrogen-bond acceptors (Lipinski definition) is 3. The highest BCUT2D eigenvalue weighted by Crippen LogP contribution is 2.34. The molecule has 18 heavy (non-hydrogen) atoms. The summed E-state index contributed by atoms with van der Waals surface area (Å²) in [7, 11) is 0. The molecule has 4 heteroatoms. The smallest absolute Gasteiger partial charge is 0.292 e. The molecule has 2 rings (SSSR count). The van der Waals surface area contributed by atoms with E-state index in [1.807, 2.05) is 19.9 Å². The van der Waals surface area contributed by atoms with E-state index in [1.165, 1.54) is 19.3 Å². The Hall–Kier alpha value is -1.58. The molecule has 0 amide bonds. The summed E-state index contributed by atoms with van der Waals surface area (Å²) in [5.41, 5.74) is 2.89. The first-order valence-corrected chi connectivity index (χ1v) is 6.51. The number of benzene rings is 1. The van der Waals surface area contributed by atoms with Crippen molar-refractivity contribution >= 4 is 11.4 Å². The molecule has 1 aromatic carbocycles. The predicted molar refractivity (Wildman–Crippen MR) is 73.0 cm³/mol. The fourth-order valence-corrected chi connectivity index (χ4v) is 2.37. The fourth-order valence-electron chi connectivity index (χ4n) is 2.37. The molecule has 0 aromatic heterocycles. The lowest BCUT2D eigenvalue weighted by Crippen LogP contribution is -2.31. The van der Waals surface area contributed by atoms with Gasteiger partial charge in [0.25, 0.3) is 5.69 Å². The van der Waals surface area contributed by atoms with E-state index in [9.17, 15) is 10.1 Å². The Labute approximate surface area is 108 Å². The van der Waals surface area contributed by atoms with Crippen LogP contribution in [-0.2, 0) is 0 Å². The maximum Gasteiger partial charge on any atom is 0.292 e. The van der Waals surface area contributed by atoms with Crippen molar-refractivity contribution in [3.63, 3.8) is 0 Å². The molecule has 1 aliphatic carbocycles. The van der Waals surface area contributed by atoms with Crippen LogP contribution in [0.4, 0.5) is 11.4 Å². The molecule has 0 bridgehead atoms. The molecule has 1 aliphatic rings. The quantitative estimate of drug-likeness (QED) is 0.651. The van der Waals surface area contributed by atoms with Crippen LogP contribution in [-0.4, -0.2) is 11.0 Å². The van der Waals surface area contributed by atoms with Gasteiger partial charge in [0.2, 0.25) is 0 Å². The first-order valence-electron chi connectivity index (χ1n) is 6.51. The number of aryl methyl sites for hydroxylation is 2. The van der Waals surface area contributed by atoms with Crippen LogP contribution in [0, 0.1) is 29.9 Å². The highest BCUT2D eigenvalue weighted by Gasteiger charge is 2.26. The number of nitrogens with zero attached hydrogens (tertiary/aromatic N) is 1. The van der Waals surface area contributed by atoms with E-state index in [1.54, 1.807) is 6.07 Å². The lowest BCUT2D eigenvalue weighted by atomic mass is 9.80. The first-order chi connectivity index (χ1) is 8.49. The molecule has 1 aromatic rings. The van der Waals surface area contributed by atoms with Crippen molar-refractivity contribution in [3.8, 4) is 0 Å². The molecule has 0 heterocycles. The van der Waals surface area contributed by atoms with E-state index in [0.717, 1.165) is 11.1 Å². The molecule has 1 fully saturated rings. The standard InChI is InChI=1S/C14H20N2O2/c1-9-7-13(14(16(17)18)8-10(9)2)15-11(3)12-5-4-6-12/h7-8,11-12,15H,4-6H2,1-3H3. The second-order valence-corrected chi connectivity index (χ2v) is 5.33. The zero-order valence-corrected chi connectivity index (χ0v) is 11.2. The van der Waals surface area contributed by atoms with E-state index >= 15 is 0 Å². The summed E-state index contributed by atoms with van der Waals surface area (Å²) < 4.78 is 0. The number of anilines is 1. The number of hydrogen-bond donors (Lipinski definition) is 1. The number of rotatable bonds is 4. The summed E-state index contributed by atoms with van der Waals surface area (Å²) >= 11 is 0. The van der Waals surface area contributed by atoms with Gasteiger partial charge >= 0.3 is 0 Å². The van der Waals surface area contributed by atoms with Gasteiger partial charge in [-0.05, 0) is 56.7 Å². The summed E-state index contributed by atoms with van der Waals surface area (Å²) in [6.45, 7) is 6.00. The van der Waals surface area contributed by atoms with E-state index < -0.39 is 0 Å². The molecule has 0 saturated heterocycles. The molecule has 0 radical (unpaired) electrons. The lowest BCUT2D eigenvalue weighted by Gasteiger charge is -2.32. The molecule has 4 nitrogen and oxygen atoms in total. The van der Waals surface area contributed by atoms with Crippen LogP contribution in [0.2, 0.25) is 0 Å². The maximum atomic E-state index is 11.1. The fraction of sp³-hybridized carbons (Fsp3) is 0.571. The lowest BCUT2D eigenvalue weighted by molar-refractivity contribution is -0.384. The SMILES string of the molecule is Cc1cc(NC(C)C2CCC2)c([N+](=O)[O-])cc1C. The molecule has 98 valence electrons. The van der Waals surface area contributed by atoms with Crippen LogP contribution in [0.1, 0.15) is 37.3 Å². The van der Waals surface area contributed by atoms with Gasteiger partial charge < -0.3 is 5.32 Å². The Morgan fingerprint density at radius 1 is 1.33 bits per heavy atom. The molecule has 1 atom stereocenters. The van der Waals surface area contributed by atoms with Crippen LogP contribution >= 0.6 is 0 Å². The predicted octanol–water partition coefficient (Wildman–Crippen LogP) is 3.81. The van der Waals surface area contributed by atoms with E-state index in [0.29, 0.717) is 17.6 Å². The van der Waals surface area contributed by atoms with Crippen molar-refractivity contribution in [1.82, 2.24) is 0 Å². The van der Waals surface area contributed by atoms with Crippen LogP contribution in [0.5, 0.6) is 0 Å². The van der Waals surface area contributed by atoms with Crippen molar-refractivity contribution in [2.45, 2.75) is 46.1 Å². The zero-order valence-electron chi connectivity index (χ0n) is 11.2. The molecular formula is C14H20N2O2. The molecule has 1 N–H and O–H groups in total. The third kappa shape index (κ3) is 2.47. The molecule has 0 spiro atoms. The highest BCUT2D eigenvalue weighted by molar-refractivity contribution is 5.64. The van der Waals surface area contributed by atoms with Gasteiger partial charge in [-0.15, -0.1) is 0 Å². The Morgan fingerprint density at radius 2 is 1.94 bits per heavy atom. The second kappa shape index (κ2) is 4.96. The first kappa shape index (κ1) is 12.9. The molecular weight excluding hydrogens is 228 g/mol.